The number of rotatable bonds is 3. The molecule has 1 heterocycles. The molecular weight excluding hydrogens is 204 g/mol. The minimum atomic E-state index is -2.69. The lowest BCUT2D eigenvalue weighted by Gasteiger charge is -2.23. The third-order valence-electron chi connectivity index (χ3n) is 2.67. The van der Waals surface area contributed by atoms with Crippen LogP contribution in [0.4, 0.5) is 8.78 Å². The molecule has 0 radical (unpaired) electrons. The highest BCUT2D eigenvalue weighted by Gasteiger charge is 2.28. The van der Waals surface area contributed by atoms with Crippen molar-refractivity contribution in [1.82, 2.24) is 4.90 Å². The van der Waals surface area contributed by atoms with Crippen LogP contribution in [0.3, 0.4) is 0 Å². The summed E-state index contributed by atoms with van der Waals surface area (Å²) >= 11 is 0. The van der Waals surface area contributed by atoms with E-state index >= 15 is 0 Å². The Bertz CT molecular complexity index is 228. The molecule has 0 aromatic heterocycles. The van der Waals surface area contributed by atoms with E-state index in [0.717, 1.165) is 6.92 Å². The minimum Gasteiger partial charge on any atom is -0.481 e. The summed E-state index contributed by atoms with van der Waals surface area (Å²) in [5, 5.41) is 8.82. The SMILES string of the molecule is CC(F)(F)CN1CCCC(C(=O)O)CC1. The number of carboxylic acids is 1. The molecule has 15 heavy (non-hydrogen) atoms. The normalized spacial score (nSPS) is 24.9. The van der Waals surface area contributed by atoms with Gasteiger partial charge < -0.3 is 5.11 Å². The number of nitrogens with zero attached hydrogens (tertiary/aromatic N) is 1. The van der Waals surface area contributed by atoms with E-state index in [0.29, 0.717) is 32.4 Å². The lowest BCUT2D eigenvalue weighted by atomic mass is 10.0. The largest absolute Gasteiger partial charge is 0.481 e. The molecule has 0 bridgehead atoms. The van der Waals surface area contributed by atoms with Crippen molar-refractivity contribution in [1.29, 1.82) is 0 Å². The highest BCUT2D eigenvalue weighted by Crippen LogP contribution is 2.21. The molecule has 1 unspecified atom stereocenters. The maximum absolute atomic E-state index is 12.7. The van der Waals surface area contributed by atoms with Crippen LogP contribution in [0.5, 0.6) is 0 Å². The van der Waals surface area contributed by atoms with Crippen molar-refractivity contribution in [3.63, 3.8) is 0 Å². The molecule has 5 heteroatoms. The van der Waals surface area contributed by atoms with Crippen LogP contribution < -0.4 is 0 Å². The third-order valence-corrected chi connectivity index (χ3v) is 2.67. The molecule has 0 amide bonds. The molecule has 0 aromatic rings. The third kappa shape index (κ3) is 4.55. The molecule has 1 saturated heterocycles. The molecule has 0 saturated carbocycles. The summed E-state index contributed by atoms with van der Waals surface area (Å²) in [5.41, 5.74) is 0. The number of halogens is 2. The second-order valence-corrected chi connectivity index (χ2v) is 4.31. The summed E-state index contributed by atoms with van der Waals surface area (Å²) in [5.74, 6) is -3.86. The summed E-state index contributed by atoms with van der Waals surface area (Å²) in [6.45, 7) is 1.67. The van der Waals surface area contributed by atoms with Crippen LogP contribution in [-0.2, 0) is 4.79 Å². The van der Waals surface area contributed by atoms with E-state index < -0.39 is 11.9 Å². The van der Waals surface area contributed by atoms with Gasteiger partial charge in [-0.3, -0.25) is 9.69 Å². The lowest BCUT2D eigenvalue weighted by Crippen LogP contribution is -2.35. The summed E-state index contributed by atoms with van der Waals surface area (Å²) in [7, 11) is 0. The molecule has 3 nitrogen and oxygen atoms in total. The Labute approximate surface area is 88.1 Å². The average molecular weight is 221 g/mol. The first kappa shape index (κ1) is 12.4. The summed E-state index contributed by atoms with van der Waals surface area (Å²) in [6.07, 6.45) is 1.76. The second-order valence-electron chi connectivity index (χ2n) is 4.31. The summed E-state index contributed by atoms with van der Waals surface area (Å²) in [4.78, 5) is 12.4. The topological polar surface area (TPSA) is 40.5 Å². The van der Waals surface area contributed by atoms with Crippen molar-refractivity contribution >= 4 is 5.97 Å². The Hall–Kier alpha value is -0.710. The van der Waals surface area contributed by atoms with Gasteiger partial charge in [-0.15, -0.1) is 0 Å². The van der Waals surface area contributed by atoms with Gasteiger partial charge in [0.15, 0.2) is 0 Å². The highest BCUT2D eigenvalue weighted by molar-refractivity contribution is 5.69. The highest BCUT2D eigenvalue weighted by atomic mass is 19.3. The van der Waals surface area contributed by atoms with E-state index in [4.69, 9.17) is 5.11 Å². The monoisotopic (exact) mass is 221 g/mol. The van der Waals surface area contributed by atoms with Crippen molar-refractivity contribution in [3.8, 4) is 0 Å². The first-order valence-corrected chi connectivity index (χ1v) is 5.21. The van der Waals surface area contributed by atoms with Gasteiger partial charge in [0, 0.05) is 6.92 Å². The van der Waals surface area contributed by atoms with Crippen LogP contribution in [0, 0.1) is 5.92 Å². The van der Waals surface area contributed by atoms with Gasteiger partial charge in [0.25, 0.3) is 5.92 Å². The van der Waals surface area contributed by atoms with E-state index in [-0.39, 0.29) is 12.5 Å². The lowest BCUT2D eigenvalue weighted by molar-refractivity contribution is -0.142. The molecule has 88 valence electrons. The number of carboxylic acid groups (broad SMARTS) is 1. The fourth-order valence-corrected chi connectivity index (χ4v) is 1.95. The predicted octanol–water partition coefficient (Wildman–Crippen LogP) is 1.83. The van der Waals surface area contributed by atoms with E-state index in [1.807, 2.05) is 0 Å². The molecule has 1 atom stereocenters. The van der Waals surface area contributed by atoms with Crippen LogP contribution in [-0.4, -0.2) is 41.5 Å². The quantitative estimate of drug-likeness (QED) is 0.790. The number of alkyl halides is 2. The number of hydrogen-bond acceptors (Lipinski definition) is 2. The van der Waals surface area contributed by atoms with Crippen molar-refractivity contribution in [3.05, 3.63) is 0 Å². The van der Waals surface area contributed by atoms with Crippen molar-refractivity contribution in [2.24, 2.45) is 5.92 Å². The molecule has 1 aliphatic heterocycles. The van der Waals surface area contributed by atoms with Gasteiger partial charge in [-0.25, -0.2) is 8.78 Å². The van der Waals surface area contributed by atoms with E-state index in [1.165, 1.54) is 0 Å². The second kappa shape index (κ2) is 4.88. The van der Waals surface area contributed by atoms with Gasteiger partial charge in [-0.2, -0.15) is 0 Å². The molecule has 1 rings (SSSR count). The van der Waals surface area contributed by atoms with E-state index in [1.54, 1.807) is 4.90 Å². The zero-order valence-corrected chi connectivity index (χ0v) is 8.88. The molecule has 1 N–H and O–H groups in total. The first-order valence-electron chi connectivity index (χ1n) is 5.21. The van der Waals surface area contributed by atoms with Crippen LogP contribution >= 0.6 is 0 Å². The zero-order valence-electron chi connectivity index (χ0n) is 8.88. The van der Waals surface area contributed by atoms with Gasteiger partial charge in [0.1, 0.15) is 0 Å². The van der Waals surface area contributed by atoms with Gasteiger partial charge in [-0.1, -0.05) is 0 Å². The van der Waals surface area contributed by atoms with Gasteiger partial charge in [0.2, 0.25) is 0 Å². The van der Waals surface area contributed by atoms with Crippen molar-refractivity contribution in [2.75, 3.05) is 19.6 Å². The van der Waals surface area contributed by atoms with Gasteiger partial charge >= 0.3 is 5.97 Å². The Morgan fingerprint density at radius 2 is 2.13 bits per heavy atom. The molecule has 0 aromatic carbocycles. The van der Waals surface area contributed by atoms with Crippen LogP contribution in [0.2, 0.25) is 0 Å². The average Bonchev–Trinajstić information content (AvgIpc) is 2.26. The van der Waals surface area contributed by atoms with Crippen molar-refractivity contribution in [2.45, 2.75) is 32.1 Å². The fourth-order valence-electron chi connectivity index (χ4n) is 1.95. The van der Waals surface area contributed by atoms with E-state index in [2.05, 4.69) is 0 Å². The Morgan fingerprint density at radius 1 is 1.47 bits per heavy atom. The smallest absolute Gasteiger partial charge is 0.306 e. The van der Waals surface area contributed by atoms with Gasteiger partial charge in [-0.05, 0) is 32.4 Å². The first-order chi connectivity index (χ1) is 6.88. The molecule has 0 aliphatic carbocycles. The van der Waals surface area contributed by atoms with Crippen LogP contribution in [0.1, 0.15) is 26.2 Å². The van der Waals surface area contributed by atoms with Crippen LogP contribution in [0.25, 0.3) is 0 Å². The van der Waals surface area contributed by atoms with Gasteiger partial charge in [0.05, 0.1) is 12.5 Å². The summed E-state index contributed by atoms with van der Waals surface area (Å²) < 4.78 is 25.5. The zero-order chi connectivity index (χ0) is 11.5. The maximum Gasteiger partial charge on any atom is 0.306 e. The standard InChI is InChI=1S/C10H17F2NO2/c1-10(11,12)7-13-5-2-3-8(4-6-13)9(14)15/h8H,2-7H2,1H3,(H,14,15). The molecule has 0 spiro atoms. The Morgan fingerprint density at radius 3 is 2.67 bits per heavy atom. The number of aliphatic carboxylic acids is 1. The summed E-state index contributed by atoms with van der Waals surface area (Å²) in [6, 6.07) is 0. The molecular formula is C10H17F2NO2. The molecule has 1 aliphatic rings. The fraction of sp³-hybridized carbons (Fsp3) is 0.900. The molecule has 1 fully saturated rings. The number of likely N-dealkylation sites (tertiary alicyclic amines) is 1. The predicted molar refractivity (Wildman–Crippen MR) is 52.0 cm³/mol. The maximum atomic E-state index is 12.7. The Kier molecular flexibility index (Phi) is 4.02. The number of hydrogen-bond donors (Lipinski definition) is 1. The number of carbonyl (C=O) groups is 1. The van der Waals surface area contributed by atoms with Crippen LogP contribution in [0.15, 0.2) is 0 Å². The van der Waals surface area contributed by atoms with E-state index in [9.17, 15) is 13.6 Å². The van der Waals surface area contributed by atoms with Crippen molar-refractivity contribution < 1.29 is 18.7 Å². The minimum absolute atomic E-state index is 0.265. The Balaban J connectivity index is 2.42.